The van der Waals surface area contributed by atoms with Crippen molar-refractivity contribution in [3.8, 4) is 17.0 Å². The summed E-state index contributed by atoms with van der Waals surface area (Å²) in [5.41, 5.74) is 3.41. The lowest BCUT2D eigenvalue weighted by atomic mass is 9.80. The highest BCUT2D eigenvalue weighted by Crippen LogP contribution is 2.37. The van der Waals surface area contributed by atoms with E-state index in [1.807, 2.05) is 39.0 Å². The average Bonchev–Trinajstić information content (AvgIpc) is 3.62. The number of hydrogen-bond acceptors (Lipinski definition) is 9. The van der Waals surface area contributed by atoms with Crippen LogP contribution in [0.5, 0.6) is 5.75 Å². The molecule has 11 heteroatoms. The second kappa shape index (κ2) is 15.5. The molecule has 2 aliphatic carbocycles. The summed E-state index contributed by atoms with van der Waals surface area (Å²) in [6.45, 7) is 7.72. The molecule has 1 aliphatic heterocycles. The molecule has 258 valence electrons. The quantitative estimate of drug-likeness (QED) is 0.222. The SMILES string of the molecule is COc1ccc(C2CCC(CN(C(=O)OC(=O)N3CCOCC3C3CCCCC3)c3cc(-c4coc(C(C)C)n4)ccn3)CC2)nc1C. The van der Waals surface area contributed by atoms with E-state index in [0.29, 0.717) is 55.5 Å². The fraction of sp³-hybridized carbons (Fsp3) is 0.595. The number of aromatic nitrogens is 3. The van der Waals surface area contributed by atoms with Crippen LogP contribution in [0.2, 0.25) is 0 Å². The number of methoxy groups -OCH3 is 1. The molecule has 48 heavy (non-hydrogen) atoms. The van der Waals surface area contributed by atoms with Crippen LogP contribution in [0.4, 0.5) is 15.4 Å². The van der Waals surface area contributed by atoms with E-state index < -0.39 is 12.2 Å². The number of rotatable bonds is 8. The van der Waals surface area contributed by atoms with Gasteiger partial charge in [-0.05, 0) is 81.5 Å². The van der Waals surface area contributed by atoms with Crippen LogP contribution in [-0.4, -0.2) is 71.5 Å². The Morgan fingerprint density at radius 1 is 1.04 bits per heavy atom. The third-order valence-electron chi connectivity index (χ3n) is 10.3. The molecule has 0 spiro atoms. The monoisotopic (exact) mass is 659 g/mol. The van der Waals surface area contributed by atoms with Crippen LogP contribution in [0.1, 0.15) is 101 Å². The molecular weight excluding hydrogens is 610 g/mol. The second-order valence-corrected chi connectivity index (χ2v) is 13.8. The molecule has 0 N–H and O–H groups in total. The zero-order valence-corrected chi connectivity index (χ0v) is 28.7. The highest BCUT2D eigenvalue weighted by atomic mass is 16.6. The zero-order chi connectivity index (χ0) is 33.6. The van der Waals surface area contributed by atoms with Crippen LogP contribution in [0.15, 0.2) is 41.1 Å². The molecule has 3 aromatic rings. The molecule has 0 radical (unpaired) electrons. The highest BCUT2D eigenvalue weighted by Gasteiger charge is 2.37. The predicted molar refractivity (Wildman–Crippen MR) is 181 cm³/mol. The van der Waals surface area contributed by atoms with Crippen LogP contribution < -0.4 is 9.64 Å². The summed E-state index contributed by atoms with van der Waals surface area (Å²) >= 11 is 0. The van der Waals surface area contributed by atoms with Crippen molar-refractivity contribution < 1.29 is 28.2 Å². The summed E-state index contributed by atoms with van der Waals surface area (Å²) in [7, 11) is 1.66. The number of aryl methyl sites for hydroxylation is 1. The number of amides is 2. The minimum Gasteiger partial charge on any atom is -0.495 e. The number of morpholine rings is 1. The van der Waals surface area contributed by atoms with Gasteiger partial charge in [0.1, 0.15) is 23.5 Å². The summed E-state index contributed by atoms with van der Waals surface area (Å²) in [5, 5.41) is 0. The normalized spacial score (nSPS) is 22.0. The molecule has 0 bridgehead atoms. The van der Waals surface area contributed by atoms with Crippen LogP contribution in [0, 0.1) is 18.8 Å². The Hall–Kier alpha value is -3.99. The highest BCUT2D eigenvalue weighted by molar-refractivity contribution is 5.94. The largest absolute Gasteiger partial charge is 0.495 e. The first-order chi connectivity index (χ1) is 23.3. The van der Waals surface area contributed by atoms with Gasteiger partial charge in [-0.2, -0.15) is 0 Å². The molecule has 1 saturated heterocycles. The fourth-order valence-corrected chi connectivity index (χ4v) is 7.53. The number of anilines is 1. The van der Waals surface area contributed by atoms with E-state index in [0.717, 1.165) is 74.1 Å². The minimum absolute atomic E-state index is 0.0814. The Bertz CT molecular complexity index is 1540. The Balaban J connectivity index is 1.20. The van der Waals surface area contributed by atoms with Crippen LogP contribution in [0.3, 0.4) is 0 Å². The molecule has 3 aromatic heterocycles. The summed E-state index contributed by atoms with van der Waals surface area (Å²) in [5.74, 6) is 2.89. The lowest BCUT2D eigenvalue weighted by Crippen LogP contribution is -2.53. The first-order valence-electron chi connectivity index (χ1n) is 17.6. The Morgan fingerprint density at radius 3 is 2.54 bits per heavy atom. The lowest BCUT2D eigenvalue weighted by Gasteiger charge is -2.40. The molecule has 3 fully saturated rings. The van der Waals surface area contributed by atoms with Crippen LogP contribution >= 0.6 is 0 Å². The molecule has 0 aromatic carbocycles. The number of oxazole rings is 1. The predicted octanol–water partition coefficient (Wildman–Crippen LogP) is 7.89. The Labute approximate surface area is 283 Å². The van der Waals surface area contributed by atoms with Gasteiger partial charge < -0.3 is 18.6 Å². The molecule has 3 aliphatic rings. The van der Waals surface area contributed by atoms with E-state index >= 15 is 0 Å². The smallest absolute Gasteiger partial charge is 0.424 e. The molecule has 11 nitrogen and oxygen atoms in total. The second-order valence-electron chi connectivity index (χ2n) is 13.8. The van der Waals surface area contributed by atoms with Gasteiger partial charge in [-0.3, -0.25) is 14.8 Å². The fourth-order valence-electron chi connectivity index (χ4n) is 7.53. The molecule has 1 unspecified atom stereocenters. The standard InChI is InChI=1S/C37H49N5O6/c1-24(2)35-40-31(22-47-35)29-16-17-38-34(20-29)42(21-26-10-12-27(13-11-26)30-14-15-33(45-4)25(3)39-30)37(44)48-36(43)41-18-19-46-23-32(41)28-8-6-5-7-9-28/h14-17,20,22,24,26-28,32H,5-13,18-19,21,23H2,1-4H3. The Morgan fingerprint density at radius 2 is 1.83 bits per heavy atom. The van der Waals surface area contributed by atoms with Gasteiger partial charge in [0.05, 0.1) is 32.1 Å². The topological polar surface area (TPSA) is 120 Å². The molecule has 2 amide bonds. The van der Waals surface area contributed by atoms with Crippen molar-refractivity contribution in [2.45, 2.75) is 96.4 Å². The van der Waals surface area contributed by atoms with Crippen molar-refractivity contribution in [1.82, 2.24) is 19.9 Å². The van der Waals surface area contributed by atoms with E-state index in [1.54, 1.807) is 24.5 Å². The maximum Gasteiger partial charge on any atom is 0.424 e. The van der Waals surface area contributed by atoms with Crippen molar-refractivity contribution >= 4 is 18.0 Å². The molecular formula is C37H49N5O6. The van der Waals surface area contributed by atoms with Gasteiger partial charge in [0.2, 0.25) is 0 Å². The van der Waals surface area contributed by atoms with Crippen molar-refractivity contribution in [3.05, 3.63) is 54.0 Å². The maximum absolute atomic E-state index is 14.0. The van der Waals surface area contributed by atoms with Gasteiger partial charge in [0.15, 0.2) is 5.89 Å². The van der Waals surface area contributed by atoms with Gasteiger partial charge >= 0.3 is 12.2 Å². The van der Waals surface area contributed by atoms with Crippen molar-refractivity contribution in [1.29, 1.82) is 0 Å². The molecule has 2 saturated carbocycles. The number of hydrogen-bond donors (Lipinski definition) is 0. The average molecular weight is 660 g/mol. The summed E-state index contributed by atoms with van der Waals surface area (Å²) in [6.07, 6.45) is 11.3. The summed E-state index contributed by atoms with van der Waals surface area (Å²) < 4.78 is 22.6. The molecule has 1 atom stereocenters. The molecule has 4 heterocycles. The third-order valence-corrected chi connectivity index (χ3v) is 10.3. The third kappa shape index (κ3) is 7.83. The first-order valence-corrected chi connectivity index (χ1v) is 17.6. The van der Waals surface area contributed by atoms with Gasteiger partial charge in [0.25, 0.3) is 0 Å². The van der Waals surface area contributed by atoms with Crippen LogP contribution in [-0.2, 0) is 9.47 Å². The van der Waals surface area contributed by atoms with E-state index in [4.69, 9.17) is 23.6 Å². The number of ether oxygens (including phenoxy) is 3. The lowest BCUT2D eigenvalue weighted by molar-refractivity contribution is -0.0276. The maximum atomic E-state index is 14.0. The number of nitrogens with zero attached hydrogens (tertiary/aromatic N) is 5. The van der Waals surface area contributed by atoms with Gasteiger partial charge in [-0.15, -0.1) is 0 Å². The molecule has 6 rings (SSSR count). The van der Waals surface area contributed by atoms with Crippen molar-refractivity contribution in [2.75, 3.05) is 38.3 Å². The zero-order valence-electron chi connectivity index (χ0n) is 28.7. The van der Waals surface area contributed by atoms with Gasteiger partial charge in [-0.1, -0.05) is 33.1 Å². The van der Waals surface area contributed by atoms with E-state index in [1.165, 1.54) is 11.3 Å². The van der Waals surface area contributed by atoms with E-state index in [-0.39, 0.29) is 17.9 Å². The number of pyridine rings is 2. The van der Waals surface area contributed by atoms with Crippen molar-refractivity contribution in [2.24, 2.45) is 11.8 Å². The number of carbonyl (C=O) groups excluding carboxylic acids is 2. The van der Waals surface area contributed by atoms with Crippen LogP contribution in [0.25, 0.3) is 11.3 Å². The minimum atomic E-state index is -0.712. The van der Waals surface area contributed by atoms with E-state index in [9.17, 15) is 9.59 Å². The van der Waals surface area contributed by atoms with Gasteiger partial charge in [0, 0.05) is 42.4 Å². The van der Waals surface area contributed by atoms with Crippen molar-refractivity contribution in [3.63, 3.8) is 0 Å². The summed E-state index contributed by atoms with van der Waals surface area (Å²) in [4.78, 5) is 45.0. The van der Waals surface area contributed by atoms with E-state index in [2.05, 4.69) is 16.0 Å². The van der Waals surface area contributed by atoms with Gasteiger partial charge in [-0.25, -0.2) is 19.6 Å². The number of carbonyl (C=O) groups is 2. The Kier molecular flexibility index (Phi) is 10.9. The first kappa shape index (κ1) is 33.9. The summed E-state index contributed by atoms with van der Waals surface area (Å²) in [6, 6.07) is 7.63.